The summed E-state index contributed by atoms with van der Waals surface area (Å²) in [5.41, 5.74) is 0. The van der Waals surface area contributed by atoms with Crippen molar-refractivity contribution in [3.8, 4) is 0 Å². The Labute approximate surface area is 224 Å². The molecule has 0 aliphatic heterocycles. The summed E-state index contributed by atoms with van der Waals surface area (Å²) in [6, 6.07) is 0. The molecule has 0 aliphatic carbocycles. The van der Waals surface area contributed by atoms with Gasteiger partial charge in [0, 0.05) is 0 Å². The van der Waals surface area contributed by atoms with Crippen molar-refractivity contribution < 1.29 is 23.9 Å². The van der Waals surface area contributed by atoms with Gasteiger partial charge in [0.1, 0.15) is 6.54 Å². The highest BCUT2D eigenvalue weighted by Gasteiger charge is 2.48. The average molecular weight is 531 g/mol. The van der Waals surface area contributed by atoms with Gasteiger partial charge in [-0.2, -0.15) is 0 Å². The number of quaternary nitrogens is 1. The lowest BCUT2D eigenvalue weighted by molar-refractivity contribution is -0.875. The Morgan fingerprint density at radius 1 is 0.611 bits per heavy atom. The van der Waals surface area contributed by atoms with Gasteiger partial charge in [-0.05, 0) is 64.2 Å². The second-order valence-corrected chi connectivity index (χ2v) is 13.7. The lowest BCUT2D eigenvalue weighted by Gasteiger charge is -2.35. The smallest absolute Gasteiger partial charge is 0.362 e. The Hall–Kier alpha value is -0.450. The number of hydrogen-bond donors (Lipinski definition) is 3. The first-order valence-electron chi connectivity index (χ1n) is 14.9. The van der Waals surface area contributed by atoms with E-state index >= 15 is 0 Å². The summed E-state index contributed by atoms with van der Waals surface area (Å²) in [5, 5.41) is 8.63. The molecule has 0 aromatic carbocycles. The highest BCUT2D eigenvalue weighted by Crippen LogP contribution is 2.52. The Morgan fingerprint density at radius 3 is 1.28 bits per heavy atom. The molecule has 0 fully saturated rings. The summed E-state index contributed by atoms with van der Waals surface area (Å²) in [5.74, 6) is 0. The fourth-order valence-corrected chi connectivity index (χ4v) is 5.73. The number of aliphatic hydroxyl groups is 1. The van der Waals surface area contributed by atoms with Gasteiger partial charge in [-0.1, -0.05) is 95.4 Å². The van der Waals surface area contributed by atoms with Crippen molar-refractivity contribution in [1.82, 2.24) is 0 Å². The summed E-state index contributed by atoms with van der Waals surface area (Å²) in [6.07, 6.45) is 32.8. The van der Waals surface area contributed by atoms with Crippen LogP contribution in [-0.4, -0.2) is 52.4 Å². The van der Waals surface area contributed by atoms with Gasteiger partial charge in [0.2, 0.25) is 5.34 Å². The van der Waals surface area contributed by atoms with Gasteiger partial charge in [0.05, 0.1) is 21.1 Å². The molecule has 1 atom stereocenters. The van der Waals surface area contributed by atoms with Gasteiger partial charge in [-0.15, -0.1) is 0 Å². The molecule has 0 aliphatic rings. The van der Waals surface area contributed by atoms with Gasteiger partial charge in [-0.3, -0.25) is 4.57 Å². The molecule has 0 spiro atoms. The fraction of sp³-hybridized carbons (Fsp3) is 0.867. The third kappa shape index (κ3) is 21.6. The predicted molar refractivity (Wildman–Crippen MR) is 156 cm³/mol. The molecule has 214 valence electrons. The first-order valence-corrected chi connectivity index (χ1v) is 16.5. The topological polar surface area (TPSA) is 77.8 Å². The van der Waals surface area contributed by atoms with Crippen molar-refractivity contribution in [3.05, 3.63) is 24.3 Å². The van der Waals surface area contributed by atoms with Crippen LogP contribution in [0.1, 0.15) is 135 Å². The Morgan fingerprint density at radius 2 is 0.944 bits per heavy atom. The molecule has 1 unspecified atom stereocenters. The molecular weight excluding hydrogens is 469 g/mol. The maximum absolute atomic E-state index is 11.8. The van der Waals surface area contributed by atoms with Gasteiger partial charge in [0.15, 0.2) is 0 Å². The van der Waals surface area contributed by atoms with Crippen LogP contribution >= 0.6 is 7.60 Å². The Kier molecular flexibility index (Phi) is 21.2. The lowest BCUT2D eigenvalue weighted by Crippen LogP contribution is -2.49. The highest BCUT2D eigenvalue weighted by molar-refractivity contribution is 7.53. The van der Waals surface area contributed by atoms with Gasteiger partial charge in [0.25, 0.3) is 0 Å². The monoisotopic (exact) mass is 530 g/mol. The minimum Gasteiger partial charge on any atom is -0.373 e. The minimum atomic E-state index is -4.56. The van der Waals surface area contributed by atoms with E-state index in [9.17, 15) is 19.5 Å². The standard InChI is InChI=1S/C30H60NO4P/c1-5-6-7-8-9-10-11-12-13-14-15-16-17-18-19-20-21-22-23-24-25-26-27-28-30(32,36(33,34)35)29-31(2,3)4/h12-13,22-23,32H,5-11,14-21,24-29H2,1-4H3,(H-,33,34,35)/p+1/b13-12-,23-22-. The van der Waals surface area contributed by atoms with Gasteiger partial charge < -0.3 is 19.4 Å². The van der Waals surface area contributed by atoms with E-state index in [-0.39, 0.29) is 13.0 Å². The van der Waals surface area contributed by atoms with Crippen molar-refractivity contribution in [2.24, 2.45) is 0 Å². The van der Waals surface area contributed by atoms with Crippen LogP contribution in [0.25, 0.3) is 0 Å². The van der Waals surface area contributed by atoms with E-state index in [1.807, 2.05) is 21.1 Å². The van der Waals surface area contributed by atoms with Crippen molar-refractivity contribution in [3.63, 3.8) is 0 Å². The number of likely N-dealkylation sites (N-methyl/N-ethyl adjacent to an activating group) is 1. The first-order chi connectivity index (χ1) is 17.0. The summed E-state index contributed by atoms with van der Waals surface area (Å²) in [6.45, 7) is 2.32. The third-order valence-electron chi connectivity index (χ3n) is 6.77. The van der Waals surface area contributed by atoms with Crippen molar-refractivity contribution in [1.29, 1.82) is 0 Å². The molecule has 0 bridgehead atoms. The number of unbranched alkanes of at least 4 members (excludes halogenated alkanes) is 16. The number of nitrogens with zero attached hydrogens (tertiary/aromatic N) is 1. The minimum absolute atomic E-state index is 0.0491. The summed E-state index contributed by atoms with van der Waals surface area (Å²) in [7, 11) is 0.948. The summed E-state index contributed by atoms with van der Waals surface area (Å²) in [4.78, 5) is 19.2. The van der Waals surface area contributed by atoms with E-state index in [1.54, 1.807) is 0 Å². The van der Waals surface area contributed by atoms with Crippen molar-refractivity contribution in [2.45, 2.75) is 141 Å². The van der Waals surface area contributed by atoms with E-state index in [4.69, 9.17) is 0 Å². The lowest BCUT2D eigenvalue weighted by atomic mass is 10.1. The molecule has 0 aromatic rings. The SMILES string of the molecule is CCCCCCCC/C=C\CCCCCCCC/C=C\CCCCCC(O)(C[N+](C)(C)C)P(=O)(O)O. The highest BCUT2D eigenvalue weighted by atomic mass is 31.2. The molecule has 5 nitrogen and oxygen atoms in total. The molecule has 0 saturated carbocycles. The Bertz CT molecular complexity index is 609. The molecule has 6 heteroatoms. The molecule has 0 radical (unpaired) electrons. The number of rotatable bonds is 25. The zero-order valence-electron chi connectivity index (χ0n) is 24.3. The van der Waals surface area contributed by atoms with Crippen LogP contribution in [0.4, 0.5) is 0 Å². The first kappa shape index (κ1) is 35.5. The molecule has 0 aromatic heterocycles. The van der Waals surface area contributed by atoms with Gasteiger partial charge in [-0.25, -0.2) is 0 Å². The number of hydrogen-bond acceptors (Lipinski definition) is 2. The molecule has 3 N–H and O–H groups in total. The predicted octanol–water partition coefficient (Wildman–Crippen LogP) is 8.49. The van der Waals surface area contributed by atoms with E-state index in [1.165, 1.54) is 89.9 Å². The maximum atomic E-state index is 11.8. The quantitative estimate of drug-likeness (QED) is 0.0478. The normalized spacial score (nSPS) is 14.8. The van der Waals surface area contributed by atoms with Crippen molar-refractivity contribution in [2.75, 3.05) is 27.7 Å². The van der Waals surface area contributed by atoms with E-state index in [0.717, 1.165) is 25.7 Å². The fourth-order valence-electron chi connectivity index (χ4n) is 4.67. The molecule has 0 amide bonds. The third-order valence-corrected chi connectivity index (χ3v) is 8.22. The summed E-state index contributed by atoms with van der Waals surface area (Å²) >= 11 is 0. The van der Waals surface area contributed by atoms with E-state index in [0.29, 0.717) is 10.9 Å². The zero-order chi connectivity index (χ0) is 27.2. The molecular formula is C30H61NO4P+. The van der Waals surface area contributed by atoms with Gasteiger partial charge >= 0.3 is 7.60 Å². The largest absolute Gasteiger partial charge is 0.373 e. The van der Waals surface area contributed by atoms with Crippen LogP contribution in [0.3, 0.4) is 0 Å². The van der Waals surface area contributed by atoms with Crippen molar-refractivity contribution >= 4 is 7.60 Å². The molecule has 36 heavy (non-hydrogen) atoms. The van der Waals surface area contributed by atoms with Crippen LogP contribution in [0, 0.1) is 0 Å². The van der Waals surface area contributed by atoms with E-state index in [2.05, 4.69) is 31.2 Å². The maximum Gasteiger partial charge on any atom is 0.362 e. The van der Waals surface area contributed by atoms with Crippen LogP contribution < -0.4 is 0 Å². The van der Waals surface area contributed by atoms with Crippen LogP contribution in [0.15, 0.2) is 24.3 Å². The van der Waals surface area contributed by atoms with E-state index < -0.39 is 12.9 Å². The van der Waals surface area contributed by atoms with Crippen LogP contribution in [0.2, 0.25) is 0 Å². The zero-order valence-corrected chi connectivity index (χ0v) is 25.2. The second-order valence-electron chi connectivity index (χ2n) is 11.8. The number of allylic oxidation sites excluding steroid dienone is 4. The summed E-state index contributed by atoms with van der Waals surface area (Å²) < 4.78 is 12.1. The van der Waals surface area contributed by atoms with Crippen LogP contribution in [-0.2, 0) is 4.57 Å². The molecule has 0 heterocycles. The Balaban J connectivity index is 3.57. The average Bonchev–Trinajstić information content (AvgIpc) is 2.77. The molecule has 0 saturated heterocycles. The van der Waals surface area contributed by atoms with Crippen LogP contribution in [0.5, 0.6) is 0 Å². The second kappa shape index (κ2) is 21.5. The molecule has 0 rings (SSSR count).